The minimum Gasteiger partial charge on any atom is -0.377 e. The van der Waals surface area contributed by atoms with Gasteiger partial charge in [-0.25, -0.2) is 5.84 Å². The van der Waals surface area contributed by atoms with Gasteiger partial charge < -0.3 is 10.2 Å². The Morgan fingerprint density at radius 3 is 3.00 bits per heavy atom. The summed E-state index contributed by atoms with van der Waals surface area (Å²) in [4.78, 5) is 2.43. The van der Waals surface area contributed by atoms with Gasteiger partial charge in [-0.15, -0.1) is 0 Å². The van der Waals surface area contributed by atoms with E-state index in [2.05, 4.69) is 22.3 Å². The lowest BCUT2D eigenvalue weighted by Crippen LogP contribution is -2.39. The number of anilines is 1. The number of likely N-dealkylation sites (tertiary alicyclic amines) is 1. The predicted molar refractivity (Wildman–Crippen MR) is 75.7 cm³/mol. The number of aryl methyl sites for hydroxylation is 2. The van der Waals surface area contributed by atoms with Crippen molar-refractivity contribution in [3.8, 4) is 0 Å². The van der Waals surface area contributed by atoms with Crippen LogP contribution < -0.4 is 11.3 Å². The maximum atomic E-state index is 5.74. The monoisotopic (exact) mass is 267 g/mol. The van der Waals surface area contributed by atoms with Gasteiger partial charge in [-0.1, -0.05) is 0 Å². The van der Waals surface area contributed by atoms with Crippen molar-refractivity contribution in [2.45, 2.75) is 39.3 Å². The summed E-state index contributed by atoms with van der Waals surface area (Å²) >= 11 is 0. The largest absolute Gasteiger partial charge is 0.377 e. The molecule has 0 radical (unpaired) electrons. The van der Waals surface area contributed by atoms with E-state index in [1.54, 1.807) is 4.68 Å². The number of rotatable bonds is 5. The second-order valence-electron chi connectivity index (χ2n) is 5.14. The fourth-order valence-electron chi connectivity index (χ4n) is 2.82. The zero-order valence-corrected chi connectivity index (χ0v) is 12.1. The van der Waals surface area contributed by atoms with E-state index in [4.69, 9.17) is 10.6 Å². The molecule has 0 amide bonds. The van der Waals surface area contributed by atoms with Gasteiger partial charge in [0.05, 0.1) is 11.8 Å². The van der Waals surface area contributed by atoms with Crippen molar-refractivity contribution in [2.75, 3.05) is 25.1 Å². The van der Waals surface area contributed by atoms with E-state index in [1.807, 2.05) is 14.0 Å². The summed E-state index contributed by atoms with van der Waals surface area (Å²) in [6.45, 7) is 7.86. The molecule has 1 aromatic heterocycles. The van der Waals surface area contributed by atoms with Gasteiger partial charge in [0.2, 0.25) is 0 Å². The molecule has 1 aliphatic rings. The molecule has 1 fully saturated rings. The number of ether oxygens (including phenoxy) is 1. The van der Waals surface area contributed by atoms with Gasteiger partial charge in [-0.3, -0.25) is 9.58 Å². The highest BCUT2D eigenvalue weighted by molar-refractivity contribution is 5.46. The van der Waals surface area contributed by atoms with E-state index >= 15 is 0 Å². The van der Waals surface area contributed by atoms with Crippen LogP contribution in [0.25, 0.3) is 0 Å². The Morgan fingerprint density at radius 1 is 1.53 bits per heavy atom. The van der Waals surface area contributed by atoms with Gasteiger partial charge in [0.25, 0.3) is 0 Å². The normalized spacial score (nSPS) is 20.7. The Hall–Kier alpha value is -1.11. The Morgan fingerprint density at radius 2 is 2.32 bits per heavy atom. The highest BCUT2D eigenvalue weighted by Gasteiger charge is 2.22. The number of piperidine rings is 1. The molecule has 0 saturated carbocycles. The fraction of sp³-hybridized carbons (Fsp3) is 0.769. The minimum atomic E-state index is 0.366. The maximum absolute atomic E-state index is 5.74. The molecule has 19 heavy (non-hydrogen) atoms. The highest BCUT2D eigenvalue weighted by Crippen LogP contribution is 2.22. The zero-order valence-electron chi connectivity index (χ0n) is 12.1. The van der Waals surface area contributed by atoms with Gasteiger partial charge in [0, 0.05) is 32.3 Å². The molecule has 6 nitrogen and oxygen atoms in total. The number of nitrogen functional groups attached to an aromatic ring is 1. The smallest absolute Gasteiger partial charge is 0.142 e. The molecule has 1 unspecified atom stereocenters. The molecule has 3 N–H and O–H groups in total. The number of nitrogens with zero attached hydrogens (tertiary/aromatic N) is 3. The second kappa shape index (κ2) is 6.36. The van der Waals surface area contributed by atoms with Crippen LogP contribution >= 0.6 is 0 Å². The van der Waals surface area contributed by atoms with Crippen molar-refractivity contribution in [3.63, 3.8) is 0 Å². The third-order valence-corrected chi connectivity index (χ3v) is 3.73. The zero-order chi connectivity index (χ0) is 13.8. The van der Waals surface area contributed by atoms with Crippen LogP contribution in [-0.2, 0) is 18.3 Å². The molecule has 0 spiro atoms. The number of hydrazine groups is 1. The van der Waals surface area contributed by atoms with Crippen LogP contribution in [-0.4, -0.2) is 40.5 Å². The van der Waals surface area contributed by atoms with Gasteiger partial charge in [-0.05, 0) is 33.2 Å². The van der Waals surface area contributed by atoms with E-state index in [1.165, 1.54) is 18.4 Å². The topological polar surface area (TPSA) is 68.3 Å². The van der Waals surface area contributed by atoms with Crippen LogP contribution in [0.1, 0.15) is 31.0 Å². The third kappa shape index (κ3) is 3.26. The van der Waals surface area contributed by atoms with Gasteiger partial charge in [0.1, 0.15) is 5.82 Å². The quantitative estimate of drug-likeness (QED) is 0.616. The SMILES string of the molecule is CCOC1CCCN(Cc2c(C)nn(C)c2NN)C1. The molecule has 6 heteroatoms. The van der Waals surface area contributed by atoms with Crippen molar-refractivity contribution in [3.05, 3.63) is 11.3 Å². The summed E-state index contributed by atoms with van der Waals surface area (Å²) in [5, 5.41) is 4.42. The first-order valence-electron chi connectivity index (χ1n) is 6.98. The van der Waals surface area contributed by atoms with E-state index in [-0.39, 0.29) is 0 Å². The van der Waals surface area contributed by atoms with Crippen LogP contribution in [0.4, 0.5) is 5.82 Å². The number of hydrogen-bond donors (Lipinski definition) is 2. The van der Waals surface area contributed by atoms with Crippen molar-refractivity contribution in [2.24, 2.45) is 12.9 Å². The molecule has 1 aliphatic heterocycles. The molecule has 1 saturated heterocycles. The number of hydrogen-bond acceptors (Lipinski definition) is 5. The van der Waals surface area contributed by atoms with E-state index in [9.17, 15) is 0 Å². The van der Waals surface area contributed by atoms with Gasteiger partial charge in [0.15, 0.2) is 0 Å². The Kier molecular flexibility index (Phi) is 4.79. The Labute approximate surface area is 114 Å². The molecule has 0 bridgehead atoms. The summed E-state index contributed by atoms with van der Waals surface area (Å²) in [6, 6.07) is 0. The molecule has 2 heterocycles. The summed E-state index contributed by atoms with van der Waals surface area (Å²) in [5.74, 6) is 6.49. The van der Waals surface area contributed by atoms with Crippen LogP contribution in [0, 0.1) is 6.92 Å². The second-order valence-corrected chi connectivity index (χ2v) is 5.14. The Balaban J connectivity index is 2.04. The summed E-state index contributed by atoms with van der Waals surface area (Å²) < 4.78 is 7.54. The molecule has 2 rings (SSSR count). The average Bonchev–Trinajstić information content (AvgIpc) is 2.65. The third-order valence-electron chi connectivity index (χ3n) is 3.73. The van der Waals surface area contributed by atoms with Crippen molar-refractivity contribution < 1.29 is 4.74 Å². The molecular weight excluding hydrogens is 242 g/mol. The number of nitrogens with one attached hydrogen (secondary N) is 1. The first-order chi connectivity index (χ1) is 9.15. The lowest BCUT2D eigenvalue weighted by Gasteiger charge is -2.32. The van der Waals surface area contributed by atoms with E-state index < -0.39 is 0 Å². The highest BCUT2D eigenvalue weighted by atomic mass is 16.5. The van der Waals surface area contributed by atoms with Gasteiger partial charge in [-0.2, -0.15) is 5.10 Å². The number of nitrogens with two attached hydrogens (primary N) is 1. The lowest BCUT2D eigenvalue weighted by molar-refractivity contribution is 0.00363. The summed E-state index contributed by atoms with van der Waals surface area (Å²) in [7, 11) is 1.91. The molecule has 0 aliphatic carbocycles. The average molecular weight is 267 g/mol. The van der Waals surface area contributed by atoms with Crippen molar-refractivity contribution >= 4 is 5.82 Å². The van der Waals surface area contributed by atoms with Crippen LogP contribution in [0.15, 0.2) is 0 Å². The maximum Gasteiger partial charge on any atom is 0.142 e. The van der Waals surface area contributed by atoms with Crippen LogP contribution in [0.2, 0.25) is 0 Å². The first kappa shape index (κ1) is 14.3. The van der Waals surface area contributed by atoms with E-state index in [0.717, 1.165) is 37.8 Å². The fourth-order valence-corrected chi connectivity index (χ4v) is 2.82. The van der Waals surface area contributed by atoms with Crippen molar-refractivity contribution in [1.82, 2.24) is 14.7 Å². The molecule has 0 aromatic carbocycles. The van der Waals surface area contributed by atoms with Gasteiger partial charge >= 0.3 is 0 Å². The van der Waals surface area contributed by atoms with Crippen LogP contribution in [0.3, 0.4) is 0 Å². The van der Waals surface area contributed by atoms with Crippen LogP contribution in [0.5, 0.6) is 0 Å². The van der Waals surface area contributed by atoms with E-state index in [0.29, 0.717) is 6.10 Å². The Bertz CT molecular complexity index is 415. The lowest BCUT2D eigenvalue weighted by atomic mass is 10.1. The molecule has 1 aromatic rings. The summed E-state index contributed by atoms with van der Waals surface area (Å²) in [5.41, 5.74) is 4.97. The standard InChI is InChI=1S/C13H25N5O/c1-4-19-11-6-5-7-18(8-11)9-12-10(2)16-17(3)13(12)15-14/h11,15H,4-9,14H2,1-3H3. The molecule has 108 valence electrons. The predicted octanol–water partition coefficient (Wildman–Crippen LogP) is 1.02. The summed E-state index contributed by atoms with van der Waals surface area (Å²) in [6.07, 6.45) is 2.72. The molecule has 1 atom stereocenters. The van der Waals surface area contributed by atoms with Crippen molar-refractivity contribution in [1.29, 1.82) is 0 Å². The molecular formula is C13H25N5O. The minimum absolute atomic E-state index is 0.366. The first-order valence-corrected chi connectivity index (χ1v) is 6.98. The number of aromatic nitrogens is 2.